The minimum absolute atomic E-state index is 0.212. The van der Waals surface area contributed by atoms with Crippen molar-refractivity contribution in [3.05, 3.63) is 28.9 Å². The van der Waals surface area contributed by atoms with E-state index in [2.05, 4.69) is 0 Å². The largest absolute Gasteiger partial charge is 0.495 e. The van der Waals surface area contributed by atoms with Gasteiger partial charge in [0.1, 0.15) is 5.75 Å². The zero-order valence-corrected chi connectivity index (χ0v) is 9.08. The Morgan fingerprint density at radius 2 is 2.29 bits per heavy atom. The zero-order chi connectivity index (χ0) is 10.1. The Labute approximate surface area is 90.1 Å². The molecule has 0 aliphatic carbocycles. The minimum atomic E-state index is -0.212. The van der Waals surface area contributed by atoms with E-state index >= 15 is 0 Å². The molecule has 0 N–H and O–H groups in total. The van der Waals surface area contributed by atoms with E-state index in [-0.39, 0.29) is 5.13 Å². The Hall–Kier alpha value is -0.800. The zero-order valence-electron chi connectivity index (χ0n) is 7.51. The van der Waals surface area contributed by atoms with Gasteiger partial charge in [-0.15, -0.1) is 22.9 Å². The van der Waals surface area contributed by atoms with E-state index in [1.807, 2.05) is 12.1 Å². The average Bonchev–Trinajstić information content (AvgIpc) is 2.57. The second kappa shape index (κ2) is 3.75. The van der Waals surface area contributed by atoms with Crippen molar-refractivity contribution in [2.24, 2.45) is 0 Å². The summed E-state index contributed by atoms with van der Waals surface area (Å²) in [7, 11) is 1.58. The van der Waals surface area contributed by atoms with E-state index in [1.165, 1.54) is 6.07 Å². The monoisotopic (exact) mass is 230 g/mol. The highest BCUT2D eigenvalue weighted by atomic mass is 35.5. The fourth-order valence-electron chi connectivity index (χ4n) is 1.40. The molecule has 4 heteroatoms. The molecule has 2 aromatic rings. The third kappa shape index (κ3) is 1.47. The van der Waals surface area contributed by atoms with Gasteiger partial charge in [0, 0.05) is 11.3 Å². The molecular weight excluding hydrogens is 223 g/mol. The number of thiophene rings is 1. The summed E-state index contributed by atoms with van der Waals surface area (Å²) in [6.45, 7) is 0. The first-order valence-electron chi connectivity index (χ1n) is 4.07. The number of hydrogen-bond acceptors (Lipinski definition) is 2. The molecule has 0 atom stereocenters. The van der Waals surface area contributed by atoms with Crippen molar-refractivity contribution in [1.82, 2.24) is 0 Å². The Kier molecular flexibility index (Phi) is 2.61. The third-order valence-corrected chi connectivity index (χ3v) is 3.30. The number of ether oxygens (including phenoxy) is 1. The van der Waals surface area contributed by atoms with Crippen LogP contribution in [0.4, 0.5) is 4.39 Å². The lowest BCUT2D eigenvalue weighted by Crippen LogP contribution is -1.84. The van der Waals surface area contributed by atoms with Crippen molar-refractivity contribution in [1.29, 1.82) is 0 Å². The van der Waals surface area contributed by atoms with Crippen LogP contribution < -0.4 is 4.74 Å². The lowest BCUT2D eigenvalue weighted by Gasteiger charge is -2.03. The van der Waals surface area contributed by atoms with Gasteiger partial charge in [-0.25, -0.2) is 0 Å². The summed E-state index contributed by atoms with van der Waals surface area (Å²) in [5, 5.41) is 0.637. The predicted octanol–water partition coefficient (Wildman–Crippen LogP) is 3.79. The third-order valence-electron chi connectivity index (χ3n) is 2.07. The number of benzene rings is 1. The van der Waals surface area contributed by atoms with Crippen LogP contribution in [0, 0.1) is 5.13 Å². The van der Waals surface area contributed by atoms with Crippen LogP contribution in [-0.2, 0) is 5.88 Å². The summed E-state index contributed by atoms with van der Waals surface area (Å²) in [6.07, 6.45) is 0. The Morgan fingerprint density at radius 3 is 2.93 bits per heavy atom. The van der Waals surface area contributed by atoms with Crippen LogP contribution in [0.1, 0.15) is 5.56 Å². The molecule has 14 heavy (non-hydrogen) atoms. The van der Waals surface area contributed by atoms with Crippen molar-refractivity contribution in [2.45, 2.75) is 5.88 Å². The molecule has 0 spiro atoms. The Bertz CT molecular complexity index is 425. The van der Waals surface area contributed by atoms with Crippen LogP contribution in [-0.4, -0.2) is 7.11 Å². The second-order valence-corrected chi connectivity index (χ2v) is 4.12. The van der Waals surface area contributed by atoms with Crippen LogP contribution in [0.15, 0.2) is 18.2 Å². The van der Waals surface area contributed by atoms with E-state index in [0.717, 1.165) is 27.0 Å². The first-order valence-corrected chi connectivity index (χ1v) is 5.42. The summed E-state index contributed by atoms with van der Waals surface area (Å²) < 4.78 is 19.0. The lowest BCUT2D eigenvalue weighted by molar-refractivity contribution is 0.420. The standard InChI is InChI=1S/C10H8ClFOS/c1-13-8-3-2-6(5-11)7-4-9(12)14-10(7)8/h2-4H,5H2,1H3. The molecule has 0 aliphatic heterocycles. The highest BCUT2D eigenvalue weighted by molar-refractivity contribution is 7.18. The average molecular weight is 231 g/mol. The van der Waals surface area contributed by atoms with Gasteiger partial charge in [0.2, 0.25) is 0 Å². The number of methoxy groups -OCH3 is 1. The maximum absolute atomic E-state index is 13.1. The van der Waals surface area contributed by atoms with Gasteiger partial charge < -0.3 is 4.74 Å². The molecule has 0 saturated carbocycles. The molecule has 0 radical (unpaired) electrons. The lowest BCUT2D eigenvalue weighted by atomic mass is 10.1. The van der Waals surface area contributed by atoms with Crippen LogP contribution in [0.5, 0.6) is 5.75 Å². The van der Waals surface area contributed by atoms with Crippen LogP contribution in [0.3, 0.4) is 0 Å². The van der Waals surface area contributed by atoms with Crippen LogP contribution in [0.2, 0.25) is 0 Å². The number of rotatable bonds is 2. The Morgan fingerprint density at radius 1 is 1.50 bits per heavy atom. The molecule has 0 amide bonds. The van der Waals surface area contributed by atoms with Crippen molar-refractivity contribution in [3.8, 4) is 5.75 Å². The Balaban J connectivity index is 2.77. The van der Waals surface area contributed by atoms with E-state index < -0.39 is 0 Å². The number of fused-ring (bicyclic) bond motifs is 1. The molecular formula is C10H8ClFOS. The number of hydrogen-bond donors (Lipinski definition) is 0. The minimum Gasteiger partial charge on any atom is -0.495 e. The van der Waals surface area contributed by atoms with Gasteiger partial charge in [-0.2, -0.15) is 4.39 Å². The number of halogens is 2. The van der Waals surface area contributed by atoms with Gasteiger partial charge in [0.25, 0.3) is 0 Å². The molecule has 0 saturated heterocycles. The smallest absolute Gasteiger partial charge is 0.177 e. The first kappa shape index (κ1) is 9.74. The van der Waals surface area contributed by atoms with E-state index in [9.17, 15) is 4.39 Å². The van der Waals surface area contributed by atoms with Crippen molar-refractivity contribution < 1.29 is 9.13 Å². The maximum atomic E-state index is 13.1. The van der Waals surface area contributed by atoms with Gasteiger partial charge in [0.05, 0.1) is 11.8 Å². The van der Waals surface area contributed by atoms with Gasteiger partial charge in [-0.3, -0.25) is 0 Å². The number of alkyl halides is 1. The predicted molar refractivity (Wildman–Crippen MR) is 57.9 cm³/mol. The van der Waals surface area contributed by atoms with Crippen LogP contribution >= 0.6 is 22.9 Å². The molecule has 1 aromatic heterocycles. The SMILES string of the molecule is COc1ccc(CCl)c2cc(F)sc12. The topological polar surface area (TPSA) is 9.23 Å². The summed E-state index contributed by atoms with van der Waals surface area (Å²) in [4.78, 5) is 0. The van der Waals surface area contributed by atoms with Gasteiger partial charge >= 0.3 is 0 Å². The first-order chi connectivity index (χ1) is 6.76. The van der Waals surface area contributed by atoms with E-state index in [0.29, 0.717) is 11.6 Å². The van der Waals surface area contributed by atoms with Crippen molar-refractivity contribution >= 4 is 33.0 Å². The maximum Gasteiger partial charge on any atom is 0.177 e. The summed E-state index contributed by atoms with van der Waals surface area (Å²) in [6, 6.07) is 5.18. The molecule has 1 heterocycles. The van der Waals surface area contributed by atoms with E-state index in [1.54, 1.807) is 7.11 Å². The van der Waals surface area contributed by atoms with Gasteiger partial charge in [-0.05, 0) is 17.7 Å². The molecule has 2 rings (SSSR count). The molecule has 0 bridgehead atoms. The van der Waals surface area contributed by atoms with E-state index in [4.69, 9.17) is 16.3 Å². The molecule has 1 aromatic carbocycles. The second-order valence-electron chi connectivity index (χ2n) is 2.85. The highest BCUT2D eigenvalue weighted by Crippen LogP contribution is 2.35. The molecule has 0 fully saturated rings. The molecule has 74 valence electrons. The molecule has 0 unspecified atom stereocenters. The normalized spacial score (nSPS) is 10.8. The van der Waals surface area contributed by atoms with Gasteiger partial charge in [0.15, 0.2) is 5.13 Å². The van der Waals surface area contributed by atoms with Crippen LogP contribution in [0.25, 0.3) is 10.1 Å². The summed E-state index contributed by atoms with van der Waals surface area (Å²) in [5.41, 5.74) is 0.933. The fourth-order valence-corrected chi connectivity index (χ4v) is 2.56. The quantitative estimate of drug-likeness (QED) is 0.714. The van der Waals surface area contributed by atoms with Crippen molar-refractivity contribution in [3.63, 3.8) is 0 Å². The molecule has 1 nitrogen and oxygen atoms in total. The fraction of sp³-hybridized carbons (Fsp3) is 0.200. The van der Waals surface area contributed by atoms with Crippen molar-refractivity contribution in [2.75, 3.05) is 7.11 Å². The molecule has 0 aliphatic rings. The van der Waals surface area contributed by atoms with Gasteiger partial charge in [-0.1, -0.05) is 6.07 Å². The summed E-state index contributed by atoms with van der Waals surface area (Å²) >= 11 is 6.83. The summed E-state index contributed by atoms with van der Waals surface area (Å²) in [5.74, 6) is 1.08. The highest BCUT2D eigenvalue weighted by Gasteiger charge is 2.10.